The van der Waals surface area contributed by atoms with Gasteiger partial charge in [0.05, 0.1) is 17.9 Å². The van der Waals surface area contributed by atoms with E-state index in [0.717, 1.165) is 33.9 Å². The van der Waals surface area contributed by atoms with E-state index in [1.54, 1.807) is 19.3 Å². The molecule has 4 rings (SSSR count). The van der Waals surface area contributed by atoms with Gasteiger partial charge in [0.2, 0.25) is 5.91 Å². The fourth-order valence-electron chi connectivity index (χ4n) is 3.80. The normalized spacial score (nSPS) is 17.1. The predicted molar refractivity (Wildman–Crippen MR) is 120 cm³/mol. The number of benzene rings is 2. The number of fused-ring (bicyclic) bond motifs is 1. The summed E-state index contributed by atoms with van der Waals surface area (Å²) in [6, 6.07) is 13.4. The molecule has 2 unspecified atom stereocenters. The topological polar surface area (TPSA) is 121 Å². The Balaban J connectivity index is 1.73. The zero-order valence-electron chi connectivity index (χ0n) is 17.4. The summed E-state index contributed by atoms with van der Waals surface area (Å²) in [5.74, 6) is -0.384. The Kier molecular flexibility index (Phi) is 5.30. The van der Waals surface area contributed by atoms with Gasteiger partial charge in [-0.1, -0.05) is 13.0 Å². The number of carbonyl (C=O) groups is 2. The first-order valence-electron chi connectivity index (χ1n) is 10.2. The number of nitrogen functional groups attached to an aromatic ring is 1. The van der Waals surface area contributed by atoms with E-state index in [4.69, 9.17) is 11.0 Å². The van der Waals surface area contributed by atoms with E-state index in [2.05, 4.69) is 28.6 Å². The smallest absolute Gasteiger partial charge is 0.251 e. The molecule has 7 nitrogen and oxygen atoms in total. The average molecular weight is 413 g/mol. The second-order valence-corrected chi connectivity index (χ2v) is 7.73. The number of aromatic nitrogens is 1. The summed E-state index contributed by atoms with van der Waals surface area (Å²) in [7, 11) is 1.60. The highest BCUT2D eigenvalue weighted by Crippen LogP contribution is 2.38. The molecule has 0 radical (unpaired) electrons. The molecule has 0 spiro atoms. The summed E-state index contributed by atoms with van der Waals surface area (Å²) in [6.45, 7) is 2.06. The molecular formula is C24H23N5O2. The number of nitrogens with one attached hydrogen (secondary N) is 2. The second kappa shape index (κ2) is 8.07. The van der Waals surface area contributed by atoms with Crippen LogP contribution in [-0.4, -0.2) is 23.8 Å². The molecule has 156 valence electrons. The zero-order valence-corrected chi connectivity index (χ0v) is 17.4. The van der Waals surface area contributed by atoms with Crippen LogP contribution in [0.4, 0.5) is 11.5 Å². The van der Waals surface area contributed by atoms with Crippen molar-refractivity contribution in [2.75, 3.05) is 18.1 Å². The quantitative estimate of drug-likeness (QED) is 0.553. The Morgan fingerprint density at radius 3 is 2.74 bits per heavy atom. The van der Waals surface area contributed by atoms with Crippen LogP contribution in [0.5, 0.6) is 0 Å². The van der Waals surface area contributed by atoms with E-state index >= 15 is 0 Å². The highest BCUT2D eigenvalue weighted by molar-refractivity contribution is 6.01. The summed E-state index contributed by atoms with van der Waals surface area (Å²) in [4.78, 5) is 28.7. The third-order valence-electron chi connectivity index (χ3n) is 5.70. The van der Waals surface area contributed by atoms with Crippen LogP contribution < -0.4 is 16.4 Å². The molecule has 1 aliphatic rings. The van der Waals surface area contributed by atoms with Crippen molar-refractivity contribution in [1.29, 1.82) is 5.26 Å². The lowest BCUT2D eigenvalue weighted by Crippen LogP contribution is -2.17. The van der Waals surface area contributed by atoms with E-state index < -0.39 is 0 Å². The Labute approximate surface area is 180 Å². The summed E-state index contributed by atoms with van der Waals surface area (Å²) < 4.78 is 0. The number of amides is 2. The number of anilines is 2. The van der Waals surface area contributed by atoms with Crippen LogP contribution in [0.15, 0.2) is 42.6 Å². The van der Waals surface area contributed by atoms with Gasteiger partial charge in [-0.2, -0.15) is 5.26 Å². The van der Waals surface area contributed by atoms with Crippen molar-refractivity contribution in [2.45, 2.75) is 19.8 Å². The average Bonchev–Trinajstić information content (AvgIpc) is 3.58. The van der Waals surface area contributed by atoms with Crippen LogP contribution in [0.3, 0.4) is 0 Å². The van der Waals surface area contributed by atoms with Crippen LogP contribution >= 0.6 is 0 Å². The largest absolute Gasteiger partial charge is 0.398 e. The minimum absolute atomic E-state index is 0.150. The van der Waals surface area contributed by atoms with Gasteiger partial charge in [-0.25, -0.2) is 4.98 Å². The number of nitrogens with zero attached hydrogens (tertiary/aromatic N) is 2. The predicted octanol–water partition coefficient (Wildman–Crippen LogP) is 3.50. The van der Waals surface area contributed by atoms with Crippen molar-refractivity contribution in [3.63, 3.8) is 0 Å². The van der Waals surface area contributed by atoms with Crippen LogP contribution in [0, 0.1) is 23.2 Å². The molecule has 7 heteroatoms. The zero-order chi connectivity index (χ0) is 22.1. The maximum Gasteiger partial charge on any atom is 0.251 e. The number of aryl methyl sites for hydroxylation is 1. The van der Waals surface area contributed by atoms with Crippen LogP contribution in [0.25, 0.3) is 21.9 Å². The molecule has 1 heterocycles. The Morgan fingerprint density at radius 2 is 2.06 bits per heavy atom. The molecule has 1 fully saturated rings. The molecule has 31 heavy (non-hydrogen) atoms. The molecule has 0 aliphatic heterocycles. The third-order valence-corrected chi connectivity index (χ3v) is 5.70. The van der Waals surface area contributed by atoms with Crippen molar-refractivity contribution >= 4 is 34.1 Å². The van der Waals surface area contributed by atoms with Gasteiger partial charge in [0.15, 0.2) is 0 Å². The standard InChI is InChI=1S/C24H23N5O2/c1-3-13-4-5-14(23(30)27-2)7-18(13)15-6-16-10-22(28-12-20(16)21(26)9-15)29-24(31)19-8-17(19)11-25/h4-7,9-10,12,17,19H,3,8,26H2,1-2H3,(H,27,30)(H,28,29,31). The molecule has 0 saturated heterocycles. The minimum Gasteiger partial charge on any atom is -0.398 e. The van der Waals surface area contributed by atoms with Crippen molar-refractivity contribution < 1.29 is 9.59 Å². The summed E-state index contributed by atoms with van der Waals surface area (Å²) in [6.07, 6.45) is 3.04. The minimum atomic E-state index is -0.265. The summed E-state index contributed by atoms with van der Waals surface area (Å²) in [5.41, 5.74) is 10.4. The third kappa shape index (κ3) is 3.92. The molecule has 3 aromatic rings. The fraction of sp³-hybridized carbons (Fsp3) is 0.250. The lowest BCUT2D eigenvalue weighted by molar-refractivity contribution is -0.117. The monoisotopic (exact) mass is 413 g/mol. The molecule has 0 bridgehead atoms. The van der Waals surface area contributed by atoms with Crippen molar-refractivity contribution in [2.24, 2.45) is 11.8 Å². The molecule has 1 aliphatic carbocycles. The lowest BCUT2D eigenvalue weighted by Gasteiger charge is -2.13. The van der Waals surface area contributed by atoms with E-state index in [9.17, 15) is 9.59 Å². The SMILES string of the molecule is CCc1ccc(C(=O)NC)cc1-c1cc(N)c2cnc(NC(=O)C3CC3C#N)cc2c1. The Bertz CT molecular complexity index is 1240. The number of nitriles is 1. The highest BCUT2D eigenvalue weighted by atomic mass is 16.2. The van der Waals surface area contributed by atoms with Crippen LogP contribution in [0.2, 0.25) is 0 Å². The van der Waals surface area contributed by atoms with Crippen molar-refractivity contribution in [3.8, 4) is 17.2 Å². The molecule has 2 amide bonds. The molecule has 2 atom stereocenters. The van der Waals surface area contributed by atoms with Gasteiger partial charge in [0.25, 0.3) is 5.91 Å². The van der Waals surface area contributed by atoms with Gasteiger partial charge in [-0.15, -0.1) is 0 Å². The number of pyridine rings is 1. The van der Waals surface area contributed by atoms with Crippen molar-refractivity contribution in [1.82, 2.24) is 10.3 Å². The number of rotatable bonds is 5. The van der Waals surface area contributed by atoms with Gasteiger partial charge >= 0.3 is 0 Å². The van der Waals surface area contributed by atoms with Gasteiger partial charge < -0.3 is 16.4 Å². The molecule has 1 saturated carbocycles. The van der Waals surface area contributed by atoms with Gasteiger partial charge in [-0.05, 0) is 65.3 Å². The first kappa shape index (κ1) is 20.4. The Morgan fingerprint density at radius 1 is 1.26 bits per heavy atom. The second-order valence-electron chi connectivity index (χ2n) is 7.73. The van der Waals surface area contributed by atoms with Gasteiger partial charge in [0.1, 0.15) is 5.82 Å². The summed E-state index contributed by atoms with van der Waals surface area (Å²) in [5, 5.41) is 16.0. The molecule has 4 N–H and O–H groups in total. The van der Waals surface area contributed by atoms with E-state index in [1.165, 1.54) is 0 Å². The van der Waals surface area contributed by atoms with Crippen molar-refractivity contribution in [3.05, 3.63) is 53.7 Å². The molecule has 1 aromatic heterocycles. The fourth-order valence-corrected chi connectivity index (χ4v) is 3.80. The number of carbonyl (C=O) groups excluding carboxylic acids is 2. The maximum atomic E-state index is 12.3. The van der Waals surface area contributed by atoms with Gasteiger partial charge in [0, 0.05) is 29.9 Å². The van der Waals surface area contributed by atoms with E-state index in [-0.39, 0.29) is 23.7 Å². The summed E-state index contributed by atoms with van der Waals surface area (Å²) >= 11 is 0. The first-order valence-corrected chi connectivity index (χ1v) is 10.2. The number of hydrogen-bond acceptors (Lipinski definition) is 5. The van der Waals surface area contributed by atoms with Gasteiger partial charge in [-0.3, -0.25) is 9.59 Å². The van der Waals surface area contributed by atoms with E-state index in [0.29, 0.717) is 23.5 Å². The molecular weight excluding hydrogens is 390 g/mol. The Hall–Kier alpha value is -3.92. The number of hydrogen-bond donors (Lipinski definition) is 3. The molecule has 2 aromatic carbocycles. The lowest BCUT2D eigenvalue weighted by atomic mass is 9.93. The maximum absolute atomic E-state index is 12.3. The van der Waals surface area contributed by atoms with E-state index in [1.807, 2.05) is 30.3 Å². The van der Waals surface area contributed by atoms with Crippen LogP contribution in [-0.2, 0) is 11.2 Å². The van der Waals surface area contributed by atoms with Crippen LogP contribution in [0.1, 0.15) is 29.3 Å². The highest BCUT2D eigenvalue weighted by Gasteiger charge is 2.43. The number of nitrogens with two attached hydrogens (primary N) is 1. The first-order chi connectivity index (χ1) is 14.9.